The lowest BCUT2D eigenvalue weighted by Gasteiger charge is -2.07. The fourth-order valence-corrected chi connectivity index (χ4v) is 2.45. The Morgan fingerprint density at radius 3 is 2.79 bits per heavy atom. The Labute approximate surface area is 115 Å². The van der Waals surface area contributed by atoms with Crippen LogP contribution in [-0.4, -0.2) is 44.7 Å². The summed E-state index contributed by atoms with van der Waals surface area (Å²) in [6, 6.07) is -0.252. The number of amides is 1. The summed E-state index contributed by atoms with van der Waals surface area (Å²) in [5.74, 6) is 1.18. The number of rotatable bonds is 3. The molecule has 0 saturated carbocycles. The van der Waals surface area contributed by atoms with Crippen LogP contribution in [0.3, 0.4) is 0 Å². The second kappa shape index (κ2) is 5.06. The molecule has 0 aromatic carbocycles. The smallest absolute Gasteiger partial charge is 0.265 e. The predicted molar refractivity (Wildman–Crippen MR) is 72.4 cm³/mol. The van der Waals surface area contributed by atoms with Crippen LogP contribution in [0.1, 0.15) is 34.3 Å². The highest BCUT2D eigenvalue weighted by atomic mass is 32.1. The van der Waals surface area contributed by atoms with E-state index in [0.29, 0.717) is 21.7 Å². The van der Waals surface area contributed by atoms with Crippen LogP contribution in [0.15, 0.2) is 6.20 Å². The number of carbonyl (C=O) groups excluding carboxylic acids is 1. The molecule has 2 rings (SSSR count). The lowest BCUT2D eigenvalue weighted by molar-refractivity contribution is 0.0832. The van der Waals surface area contributed by atoms with E-state index in [2.05, 4.69) is 15.1 Å². The molecule has 1 amide bonds. The van der Waals surface area contributed by atoms with Crippen LogP contribution in [0.2, 0.25) is 0 Å². The summed E-state index contributed by atoms with van der Waals surface area (Å²) in [6.07, 6.45) is 1.55. The van der Waals surface area contributed by atoms with Gasteiger partial charge in [0, 0.05) is 14.1 Å². The van der Waals surface area contributed by atoms with E-state index < -0.39 is 0 Å². The number of nitrogens with zero attached hydrogens (tertiary/aromatic N) is 5. The van der Waals surface area contributed by atoms with Gasteiger partial charge in [-0.1, -0.05) is 11.3 Å². The van der Waals surface area contributed by atoms with Crippen LogP contribution in [0, 0.1) is 6.92 Å². The topological polar surface area (TPSA) is 89.9 Å². The summed E-state index contributed by atoms with van der Waals surface area (Å²) < 4.78 is 1.59. The average molecular weight is 280 g/mol. The lowest BCUT2D eigenvalue weighted by atomic mass is 10.3. The second-order valence-corrected chi connectivity index (χ2v) is 5.43. The van der Waals surface area contributed by atoms with E-state index in [1.165, 1.54) is 16.2 Å². The summed E-state index contributed by atoms with van der Waals surface area (Å²) in [4.78, 5) is 22.4. The Balaban J connectivity index is 2.41. The number of hydrogen-bond donors (Lipinski definition) is 1. The Hall–Kier alpha value is -1.80. The number of aryl methyl sites for hydroxylation is 1. The van der Waals surface area contributed by atoms with Gasteiger partial charge in [-0.3, -0.25) is 4.79 Å². The summed E-state index contributed by atoms with van der Waals surface area (Å²) in [6.45, 7) is 3.63. The van der Waals surface area contributed by atoms with Gasteiger partial charge in [-0.25, -0.2) is 9.97 Å². The Morgan fingerprint density at radius 2 is 2.21 bits per heavy atom. The van der Waals surface area contributed by atoms with Gasteiger partial charge in [-0.2, -0.15) is 4.68 Å². The largest absolute Gasteiger partial charge is 0.344 e. The summed E-state index contributed by atoms with van der Waals surface area (Å²) in [5, 5.41) is 4.86. The molecule has 0 bridgehead atoms. The highest BCUT2D eigenvalue weighted by molar-refractivity contribution is 7.16. The second-order valence-electron chi connectivity index (χ2n) is 4.42. The summed E-state index contributed by atoms with van der Waals surface area (Å²) >= 11 is 1.27. The van der Waals surface area contributed by atoms with Crippen LogP contribution < -0.4 is 5.73 Å². The molecule has 102 valence electrons. The van der Waals surface area contributed by atoms with Crippen LogP contribution in [0.5, 0.6) is 0 Å². The standard InChI is InChI=1S/C11H16N6OS/c1-6(12)9-14-7(2)15-17(9)11-13-5-8(19-11)10(18)16(3)4/h5-6H,12H2,1-4H3. The first-order valence-corrected chi connectivity index (χ1v) is 6.58. The summed E-state index contributed by atoms with van der Waals surface area (Å²) in [7, 11) is 3.41. The molecule has 2 N–H and O–H groups in total. The van der Waals surface area contributed by atoms with Gasteiger partial charge in [-0.15, -0.1) is 5.10 Å². The predicted octanol–water partition coefficient (Wildman–Crippen LogP) is 0.754. The first-order chi connectivity index (χ1) is 8.90. The van der Waals surface area contributed by atoms with Crippen molar-refractivity contribution in [2.24, 2.45) is 5.73 Å². The highest BCUT2D eigenvalue weighted by Gasteiger charge is 2.18. The zero-order chi connectivity index (χ0) is 14.2. The molecule has 0 fully saturated rings. The molecule has 0 radical (unpaired) electrons. The van der Waals surface area contributed by atoms with E-state index in [9.17, 15) is 4.79 Å². The quantitative estimate of drug-likeness (QED) is 0.896. The van der Waals surface area contributed by atoms with Gasteiger partial charge in [-0.05, 0) is 13.8 Å². The highest BCUT2D eigenvalue weighted by Crippen LogP contribution is 2.21. The molecule has 0 aliphatic carbocycles. The Morgan fingerprint density at radius 1 is 1.53 bits per heavy atom. The lowest BCUT2D eigenvalue weighted by Crippen LogP contribution is -2.20. The van der Waals surface area contributed by atoms with Crippen molar-refractivity contribution < 1.29 is 4.79 Å². The maximum atomic E-state index is 11.8. The molecule has 0 aliphatic rings. The van der Waals surface area contributed by atoms with Crippen molar-refractivity contribution in [2.75, 3.05) is 14.1 Å². The van der Waals surface area contributed by atoms with E-state index in [-0.39, 0.29) is 11.9 Å². The van der Waals surface area contributed by atoms with Crippen molar-refractivity contribution in [3.63, 3.8) is 0 Å². The average Bonchev–Trinajstić information content (AvgIpc) is 2.93. The van der Waals surface area contributed by atoms with E-state index in [1.807, 2.05) is 6.92 Å². The molecule has 19 heavy (non-hydrogen) atoms. The van der Waals surface area contributed by atoms with Crippen molar-refractivity contribution in [2.45, 2.75) is 19.9 Å². The van der Waals surface area contributed by atoms with Crippen LogP contribution in [0.4, 0.5) is 0 Å². The summed E-state index contributed by atoms with van der Waals surface area (Å²) in [5.41, 5.74) is 5.86. The first kappa shape index (κ1) is 13.6. The molecule has 0 spiro atoms. The van der Waals surface area contributed by atoms with Gasteiger partial charge in [0.25, 0.3) is 5.91 Å². The zero-order valence-electron chi connectivity index (χ0n) is 11.3. The third kappa shape index (κ3) is 2.64. The van der Waals surface area contributed by atoms with Crippen molar-refractivity contribution in [3.8, 4) is 5.13 Å². The number of aromatic nitrogens is 4. The fourth-order valence-electron chi connectivity index (χ4n) is 1.55. The van der Waals surface area contributed by atoms with Gasteiger partial charge < -0.3 is 10.6 Å². The normalized spacial score (nSPS) is 12.5. The van der Waals surface area contributed by atoms with E-state index in [0.717, 1.165) is 0 Å². The molecular formula is C11H16N6OS. The van der Waals surface area contributed by atoms with Gasteiger partial charge in [0.15, 0.2) is 5.82 Å². The SMILES string of the molecule is Cc1nc(C(C)N)n(-c2ncc(C(=O)N(C)C)s2)n1. The minimum absolute atomic E-state index is 0.0806. The number of hydrogen-bond acceptors (Lipinski definition) is 6. The molecule has 2 aromatic heterocycles. The number of thiazole rings is 1. The van der Waals surface area contributed by atoms with Gasteiger partial charge in [0.05, 0.1) is 12.2 Å². The van der Waals surface area contributed by atoms with Crippen molar-refractivity contribution in [3.05, 3.63) is 22.7 Å². The molecule has 0 saturated heterocycles. The zero-order valence-corrected chi connectivity index (χ0v) is 12.1. The maximum absolute atomic E-state index is 11.8. The van der Waals surface area contributed by atoms with Gasteiger partial charge in [0.1, 0.15) is 10.7 Å². The number of carbonyl (C=O) groups is 1. The third-order valence-corrected chi connectivity index (χ3v) is 3.40. The number of nitrogens with two attached hydrogens (primary N) is 1. The minimum Gasteiger partial charge on any atom is -0.344 e. The van der Waals surface area contributed by atoms with Crippen molar-refractivity contribution in [1.29, 1.82) is 0 Å². The van der Waals surface area contributed by atoms with Crippen LogP contribution in [0.25, 0.3) is 5.13 Å². The maximum Gasteiger partial charge on any atom is 0.265 e. The molecule has 2 heterocycles. The molecule has 1 atom stereocenters. The molecule has 2 aromatic rings. The van der Waals surface area contributed by atoms with E-state index >= 15 is 0 Å². The molecule has 8 heteroatoms. The van der Waals surface area contributed by atoms with Crippen molar-refractivity contribution >= 4 is 17.2 Å². The van der Waals surface area contributed by atoms with Gasteiger partial charge >= 0.3 is 0 Å². The van der Waals surface area contributed by atoms with Gasteiger partial charge in [0.2, 0.25) is 5.13 Å². The molecule has 7 nitrogen and oxygen atoms in total. The fraction of sp³-hybridized carbons (Fsp3) is 0.455. The third-order valence-electron chi connectivity index (χ3n) is 2.44. The van der Waals surface area contributed by atoms with E-state index in [1.54, 1.807) is 31.9 Å². The Bertz CT molecular complexity index is 600. The van der Waals surface area contributed by atoms with E-state index in [4.69, 9.17) is 5.73 Å². The monoisotopic (exact) mass is 280 g/mol. The molecular weight excluding hydrogens is 264 g/mol. The molecule has 0 aliphatic heterocycles. The first-order valence-electron chi connectivity index (χ1n) is 5.77. The van der Waals surface area contributed by atoms with Crippen LogP contribution >= 0.6 is 11.3 Å². The van der Waals surface area contributed by atoms with Crippen molar-refractivity contribution in [1.82, 2.24) is 24.6 Å². The Kier molecular flexibility index (Phi) is 3.63. The van der Waals surface area contributed by atoms with Crippen LogP contribution in [-0.2, 0) is 0 Å². The molecule has 1 unspecified atom stereocenters. The minimum atomic E-state index is -0.252.